The van der Waals surface area contributed by atoms with Crippen molar-refractivity contribution in [1.82, 2.24) is 19.7 Å². The van der Waals surface area contributed by atoms with Crippen LogP contribution in [0.15, 0.2) is 42.9 Å². The lowest BCUT2D eigenvalue weighted by Crippen LogP contribution is -1.98. The fraction of sp³-hybridized carbons (Fsp3) is 0.133. The predicted octanol–water partition coefficient (Wildman–Crippen LogP) is 3.06. The molecule has 0 atom stereocenters. The van der Waals surface area contributed by atoms with Gasteiger partial charge in [0.1, 0.15) is 11.5 Å². The molecule has 2 aromatic heterocycles. The molecule has 0 aliphatic heterocycles. The molecule has 0 radical (unpaired) electrons. The minimum absolute atomic E-state index is 0.0281. The maximum absolute atomic E-state index is 12.6. The first-order valence-corrected chi connectivity index (χ1v) is 6.54. The predicted molar refractivity (Wildman–Crippen MR) is 79.0 cm³/mol. The van der Waals surface area contributed by atoms with E-state index in [0.717, 1.165) is 5.56 Å². The van der Waals surface area contributed by atoms with E-state index in [1.54, 1.807) is 36.3 Å². The molecule has 5 nitrogen and oxygen atoms in total. The summed E-state index contributed by atoms with van der Waals surface area (Å²) in [5, 5.41) is 4.08. The lowest BCUT2D eigenvalue weighted by molar-refractivity contribution is 0.151. The molecule has 22 heavy (non-hydrogen) atoms. The summed E-state index contributed by atoms with van der Waals surface area (Å²) in [7, 11) is 1.79. The Kier molecular flexibility index (Phi) is 3.54. The maximum Gasteiger partial charge on any atom is 0.263 e. The van der Waals surface area contributed by atoms with Crippen LogP contribution in [0.1, 0.15) is 12.0 Å². The number of hydrogen-bond acceptors (Lipinski definition) is 4. The topological polar surface area (TPSA) is 69.6 Å². The number of nitrogen functional groups attached to an aromatic ring is 1. The highest BCUT2D eigenvalue weighted by atomic mass is 19.3. The molecule has 2 heterocycles. The molecule has 0 aliphatic rings. The SMILES string of the molecule is Cn1cc(-c2nc(-c3ccc(C(F)F)cc3)cnc2N)cn1. The zero-order chi connectivity index (χ0) is 15.7. The average molecular weight is 301 g/mol. The van der Waals surface area contributed by atoms with Crippen molar-refractivity contribution in [3.63, 3.8) is 0 Å². The second kappa shape index (κ2) is 5.51. The third-order valence-electron chi connectivity index (χ3n) is 3.24. The largest absolute Gasteiger partial charge is 0.382 e. The summed E-state index contributed by atoms with van der Waals surface area (Å²) >= 11 is 0. The van der Waals surface area contributed by atoms with Crippen LogP contribution in [0.5, 0.6) is 0 Å². The molecule has 0 amide bonds. The van der Waals surface area contributed by atoms with Gasteiger partial charge in [0.15, 0.2) is 0 Å². The van der Waals surface area contributed by atoms with Crippen LogP contribution in [0.2, 0.25) is 0 Å². The highest BCUT2D eigenvalue weighted by Gasteiger charge is 2.12. The molecule has 3 aromatic rings. The van der Waals surface area contributed by atoms with Crippen molar-refractivity contribution in [2.24, 2.45) is 7.05 Å². The summed E-state index contributed by atoms with van der Waals surface area (Å²) in [6.45, 7) is 0. The molecule has 0 spiro atoms. The normalized spacial score (nSPS) is 11.1. The molecule has 0 saturated heterocycles. The molecule has 3 rings (SSSR count). The third kappa shape index (κ3) is 2.65. The van der Waals surface area contributed by atoms with Crippen LogP contribution in [-0.2, 0) is 7.05 Å². The maximum atomic E-state index is 12.6. The van der Waals surface area contributed by atoms with Gasteiger partial charge in [0, 0.05) is 29.9 Å². The van der Waals surface area contributed by atoms with Gasteiger partial charge >= 0.3 is 0 Å². The molecule has 112 valence electrons. The molecule has 0 unspecified atom stereocenters. The van der Waals surface area contributed by atoms with Crippen molar-refractivity contribution in [2.75, 3.05) is 5.73 Å². The average Bonchev–Trinajstić information content (AvgIpc) is 2.94. The van der Waals surface area contributed by atoms with E-state index in [2.05, 4.69) is 15.1 Å². The molecule has 1 aromatic carbocycles. The Balaban J connectivity index is 2.01. The van der Waals surface area contributed by atoms with Gasteiger partial charge in [0.2, 0.25) is 0 Å². The van der Waals surface area contributed by atoms with Crippen LogP contribution < -0.4 is 5.73 Å². The lowest BCUT2D eigenvalue weighted by Gasteiger charge is -2.06. The Morgan fingerprint density at radius 2 is 1.82 bits per heavy atom. The van der Waals surface area contributed by atoms with E-state index < -0.39 is 6.43 Å². The Morgan fingerprint density at radius 1 is 1.09 bits per heavy atom. The number of halogens is 2. The molecule has 0 bridgehead atoms. The number of anilines is 1. The highest BCUT2D eigenvalue weighted by Crippen LogP contribution is 2.27. The van der Waals surface area contributed by atoms with Crippen LogP contribution in [0.4, 0.5) is 14.6 Å². The van der Waals surface area contributed by atoms with Gasteiger partial charge < -0.3 is 5.73 Å². The van der Waals surface area contributed by atoms with E-state index in [4.69, 9.17) is 5.73 Å². The zero-order valence-corrected chi connectivity index (χ0v) is 11.7. The summed E-state index contributed by atoms with van der Waals surface area (Å²) in [5.41, 5.74) is 8.36. The first kappa shape index (κ1) is 14.1. The number of rotatable bonds is 3. The van der Waals surface area contributed by atoms with Crippen LogP contribution in [-0.4, -0.2) is 19.7 Å². The summed E-state index contributed by atoms with van der Waals surface area (Å²) in [5.74, 6) is 0.293. The Hall–Kier alpha value is -2.83. The molecular weight excluding hydrogens is 288 g/mol. The van der Waals surface area contributed by atoms with Crippen LogP contribution >= 0.6 is 0 Å². The van der Waals surface area contributed by atoms with E-state index >= 15 is 0 Å². The van der Waals surface area contributed by atoms with Crippen molar-refractivity contribution in [2.45, 2.75) is 6.43 Å². The molecule has 2 N–H and O–H groups in total. The van der Waals surface area contributed by atoms with Crippen molar-refractivity contribution in [1.29, 1.82) is 0 Å². The number of nitrogens with zero attached hydrogens (tertiary/aromatic N) is 4. The standard InChI is InChI=1S/C15H13F2N5/c1-22-8-11(6-20-22)13-15(18)19-7-12(21-13)9-2-4-10(5-3-9)14(16)17/h2-8,14H,1H3,(H2,18,19). The van der Waals surface area contributed by atoms with Gasteiger partial charge in [-0.05, 0) is 0 Å². The number of benzene rings is 1. The highest BCUT2D eigenvalue weighted by molar-refractivity contribution is 5.72. The van der Waals surface area contributed by atoms with Crippen molar-refractivity contribution in [3.05, 3.63) is 48.4 Å². The number of aryl methyl sites for hydroxylation is 1. The Labute approximate surface area is 125 Å². The fourth-order valence-corrected chi connectivity index (χ4v) is 2.09. The summed E-state index contributed by atoms with van der Waals surface area (Å²) in [4.78, 5) is 8.60. The number of nitrogens with two attached hydrogens (primary N) is 1. The van der Waals surface area contributed by atoms with Gasteiger partial charge in [-0.15, -0.1) is 0 Å². The van der Waals surface area contributed by atoms with Crippen LogP contribution in [0.3, 0.4) is 0 Å². The summed E-state index contributed by atoms with van der Waals surface area (Å²) in [6, 6.07) is 5.94. The smallest absolute Gasteiger partial charge is 0.263 e. The molecule has 7 heteroatoms. The van der Waals surface area contributed by atoms with Gasteiger partial charge in [-0.1, -0.05) is 24.3 Å². The van der Waals surface area contributed by atoms with E-state index in [-0.39, 0.29) is 5.56 Å². The van der Waals surface area contributed by atoms with Crippen molar-refractivity contribution >= 4 is 5.82 Å². The van der Waals surface area contributed by atoms with Gasteiger partial charge in [0.05, 0.1) is 18.1 Å². The molecular formula is C15H13F2N5. The second-order valence-corrected chi connectivity index (χ2v) is 4.81. The second-order valence-electron chi connectivity index (χ2n) is 4.81. The van der Waals surface area contributed by atoms with E-state index in [9.17, 15) is 8.78 Å². The fourth-order valence-electron chi connectivity index (χ4n) is 2.09. The van der Waals surface area contributed by atoms with E-state index in [0.29, 0.717) is 22.8 Å². The summed E-state index contributed by atoms with van der Waals surface area (Å²) in [6.07, 6.45) is 2.46. The molecule has 0 saturated carbocycles. The number of alkyl halides is 2. The first-order valence-electron chi connectivity index (χ1n) is 6.54. The zero-order valence-electron chi connectivity index (χ0n) is 11.7. The first-order chi connectivity index (χ1) is 10.5. The monoisotopic (exact) mass is 301 g/mol. The molecule has 0 aliphatic carbocycles. The van der Waals surface area contributed by atoms with Gasteiger partial charge in [0.25, 0.3) is 6.43 Å². The minimum Gasteiger partial charge on any atom is -0.382 e. The Bertz CT molecular complexity index is 796. The summed E-state index contributed by atoms with van der Waals surface area (Å²) < 4.78 is 26.8. The van der Waals surface area contributed by atoms with Gasteiger partial charge in [-0.3, -0.25) is 4.68 Å². The van der Waals surface area contributed by atoms with Crippen LogP contribution in [0, 0.1) is 0 Å². The third-order valence-corrected chi connectivity index (χ3v) is 3.24. The van der Waals surface area contributed by atoms with Gasteiger partial charge in [-0.2, -0.15) is 5.10 Å². The van der Waals surface area contributed by atoms with Gasteiger partial charge in [-0.25, -0.2) is 18.7 Å². The lowest BCUT2D eigenvalue weighted by atomic mass is 10.1. The van der Waals surface area contributed by atoms with Crippen molar-refractivity contribution in [3.8, 4) is 22.5 Å². The van der Waals surface area contributed by atoms with Crippen molar-refractivity contribution < 1.29 is 8.78 Å². The number of hydrogen-bond donors (Lipinski definition) is 1. The van der Waals surface area contributed by atoms with Crippen LogP contribution in [0.25, 0.3) is 22.5 Å². The quantitative estimate of drug-likeness (QED) is 0.807. The minimum atomic E-state index is -2.49. The number of aromatic nitrogens is 4. The van der Waals surface area contributed by atoms with E-state index in [1.165, 1.54) is 18.3 Å². The molecule has 0 fully saturated rings. The Morgan fingerprint density at radius 3 is 2.41 bits per heavy atom. The van der Waals surface area contributed by atoms with E-state index in [1.807, 2.05) is 0 Å².